The first-order chi connectivity index (χ1) is 12.9. The molecule has 1 N–H and O–H groups in total. The highest BCUT2D eigenvalue weighted by molar-refractivity contribution is 6.33. The summed E-state index contributed by atoms with van der Waals surface area (Å²) in [7, 11) is 0. The molecule has 2 aromatic carbocycles. The molecule has 27 heavy (non-hydrogen) atoms. The van der Waals surface area contributed by atoms with Gasteiger partial charge in [0.1, 0.15) is 11.6 Å². The van der Waals surface area contributed by atoms with E-state index in [1.54, 1.807) is 15.9 Å². The van der Waals surface area contributed by atoms with Gasteiger partial charge in [0, 0.05) is 34.8 Å². The number of hydrogen-bond acceptors (Lipinski definition) is 3. The number of nitrogens with zero attached hydrogens (tertiary/aromatic N) is 2. The van der Waals surface area contributed by atoms with Crippen LogP contribution in [0.1, 0.15) is 15.9 Å². The zero-order valence-corrected chi connectivity index (χ0v) is 15.0. The number of fused-ring (bicyclic) bond motifs is 1. The molecule has 2 aromatic rings. The van der Waals surface area contributed by atoms with E-state index in [1.165, 1.54) is 30.3 Å². The van der Waals surface area contributed by atoms with Gasteiger partial charge in [-0.2, -0.15) is 0 Å². The molecule has 0 atom stereocenters. The van der Waals surface area contributed by atoms with Crippen LogP contribution >= 0.6 is 11.6 Å². The van der Waals surface area contributed by atoms with Crippen LogP contribution in [-0.4, -0.2) is 45.9 Å². The molecule has 0 aliphatic carbocycles. The summed E-state index contributed by atoms with van der Waals surface area (Å²) in [5.74, 6) is -0.930. The van der Waals surface area contributed by atoms with Crippen molar-refractivity contribution >= 4 is 23.4 Å². The Balaban J connectivity index is 1.63. The van der Waals surface area contributed by atoms with Gasteiger partial charge >= 0.3 is 0 Å². The first-order valence-electron chi connectivity index (χ1n) is 8.42. The summed E-state index contributed by atoms with van der Waals surface area (Å²) in [4.78, 5) is 27.6. The van der Waals surface area contributed by atoms with Crippen molar-refractivity contribution in [2.75, 3.05) is 13.1 Å². The molecule has 2 aliphatic heterocycles. The number of likely N-dealkylation sites (tertiary alicyclic amines) is 1. The molecule has 2 heterocycles. The third-order valence-corrected chi connectivity index (χ3v) is 5.40. The van der Waals surface area contributed by atoms with Crippen LogP contribution in [0.4, 0.5) is 4.39 Å². The number of carbonyl (C=O) groups is 2. The first-order valence-corrected chi connectivity index (χ1v) is 8.80. The second-order valence-electron chi connectivity index (χ2n) is 6.68. The minimum absolute atomic E-state index is 0.00436. The lowest BCUT2D eigenvalue weighted by Gasteiger charge is -2.43. The number of rotatable bonds is 3. The van der Waals surface area contributed by atoms with Gasteiger partial charge in [0.25, 0.3) is 5.91 Å². The van der Waals surface area contributed by atoms with Gasteiger partial charge in [-0.1, -0.05) is 18.2 Å². The maximum absolute atomic E-state index is 14.7. The van der Waals surface area contributed by atoms with Crippen LogP contribution in [0, 0.1) is 5.82 Å². The van der Waals surface area contributed by atoms with Crippen molar-refractivity contribution in [2.45, 2.75) is 12.6 Å². The van der Waals surface area contributed by atoms with Crippen molar-refractivity contribution in [3.8, 4) is 16.9 Å². The Bertz CT molecular complexity index is 985. The van der Waals surface area contributed by atoms with Gasteiger partial charge < -0.3 is 14.9 Å². The van der Waals surface area contributed by atoms with E-state index in [9.17, 15) is 19.1 Å². The Hall–Kier alpha value is -2.86. The zero-order valence-electron chi connectivity index (χ0n) is 14.3. The summed E-state index contributed by atoms with van der Waals surface area (Å²) in [6.07, 6.45) is 1.24. The number of halogens is 2. The summed E-state index contributed by atoms with van der Waals surface area (Å²) in [6, 6.07) is 7.18. The van der Waals surface area contributed by atoms with Gasteiger partial charge in [-0.3, -0.25) is 9.59 Å². The van der Waals surface area contributed by atoms with E-state index in [-0.39, 0.29) is 35.7 Å². The van der Waals surface area contributed by atoms with E-state index in [1.807, 2.05) is 0 Å². The van der Waals surface area contributed by atoms with E-state index in [0.717, 1.165) is 0 Å². The fraction of sp³-hybridized carbons (Fsp3) is 0.200. The second kappa shape index (κ2) is 6.39. The zero-order chi connectivity index (χ0) is 19.3. The van der Waals surface area contributed by atoms with Crippen LogP contribution in [0.3, 0.4) is 0 Å². The van der Waals surface area contributed by atoms with Gasteiger partial charge in [-0.05, 0) is 42.0 Å². The van der Waals surface area contributed by atoms with Crippen molar-refractivity contribution in [1.82, 2.24) is 9.80 Å². The molecular formula is C20H16ClFN2O3. The highest BCUT2D eigenvalue weighted by atomic mass is 35.5. The normalized spacial score (nSPS) is 16.3. The van der Waals surface area contributed by atoms with Crippen molar-refractivity contribution in [1.29, 1.82) is 0 Å². The van der Waals surface area contributed by atoms with Crippen LogP contribution < -0.4 is 0 Å². The first kappa shape index (κ1) is 17.5. The lowest BCUT2D eigenvalue weighted by Crippen LogP contribution is -2.60. The summed E-state index contributed by atoms with van der Waals surface area (Å²) >= 11 is 6.17. The van der Waals surface area contributed by atoms with E-state index >= 15 is 0 Å². The predicted octanol–water partition coefficient (Wildman–Crippen LogP) is 3.20. The smallest absolute Gasteiger partial charge is 0.255 e. The van der Waals surface area contributed by atoms with Crippen molar-refractivity contribution in [2.24, 2.45) is 0 Å². The predicted molar refractivity (Wildman–Crippen MR) is 98.9 cm³/mol. The Morgan fingerprint density at radius 3 is 2.70 bits per heavy atom. The van der Waals surface area contributed by atoms with Crippen LogP contribution in [0.15, 0.2) is 43.0 Å². The number of carbonyl (C=O) groups excluding carboxylic acids is 2. The lowest BCUT2D eigenvalue weighted by molar-refractivity contribution is -0.132. The minimum Gasteiger partial charge on any atom is -0.508 e. The maximum atomic E-state index is 14.7. The molecule has 138 valence electrons. The molecule has 0 saturated carbocycles. The third-order valence-electron chi connectivity index (χ3n) is 5.07. The van der Waals surface area contributed by atoms with Crippen LogP contribution in [0.25, 0.3) is 11.1 Å². The van der Waals surface area contributed by atoms with E-state index in [2.05, 4.69) is 6.58 Å². The van der Waals surface area contributed by atoms with Crippen molar-refractivity contribution < 1.29 is 19.1 Å². The molecule has 5 nitrogen and oxygen atoms in total. The Kier molecular flexibility index (Phi) is 4.15. The molecule has 1 saturated heterocycles. The summed E-state index contributed by atoms with van der Waals surface area (Å²) < 4.78 is 14.7. The highest BCUT2D eigenvalue weighted by Gasteiger charge is 2.41. The number of phenols is 1. The molecule has 0 aromatic heterocycles. The number of benzene rings is 2. The molecule has 0 unspecified atom stereocenters. The number of amides is 2. The van der Waals surface area contributed by atoms with Gasteiger partial charge in [-0.25, -0.2) is 4.39 Å². The average molecular weight is 387 g/mol. The van der Waals surface area contributed by atoms with Crippen molar-refractivity contribution in [3.05, 3.63) is 65.0 Å². The number of aromatic hydroxyl groups is 1. The summed E-state index contributed by atoms with van der Waals surface area (Å²) in [6.45, 7) is 4.45. The van der Waals surface area contributed by atoms with Crippen molar-refractivity contribution in [3.63, 3.8) is 0 Å². The lowest BCUT2D eigenvalue weighted by atomic mass is 9.99. The van der Waals surface area contributed by atoms with Crippen LogP contribution in [0.2, 0.25) is 5.02 Å². The molecule has 2 amide bonds. The Morgan fingerprint density at radius 2 is 2.00 bits per heavy atom. The van der Waals surface area contributed by atoms with Gasteiger partial charge in [0.2, 0.25) is 5.91 Å². The fourth-order valence-corrected chi connectivity index (χ4v) is 3.76. The number of phenolic OH excluding ortho intramolecular Hbond substituents is 1. The molecule has 0 spiro atoms. The van der Waals surface area contributed by atoms with E-state index < -0.39 is 5.82 Å². The van der Waals surface area contributed by atoms with Crippen LogP contribution in [0.5, 0.6) is 5.75 Å². The molecule has 7 heteroatoms. The average Bonchev–Trinajstić information content (AvgIpc) is 2.93. The molecule has 1 fully saturated rings. The topological polar surface area (TPSA) is 60.9 Å². The maximum Gasteiger partial charge on any atom is 0.255 e. The number of hydrogen-bond donors (Lipinski definition) is 1. The Labute approximate surface area is 160 Å². The van der Waals surface area contributed by atoms with Crippen LogP contribution in [-0.2, 0) is 11.3 Å². The van der Waals surface area contributed by atoms with Gasteiger partial charge in [0.05, 0.1) is 12.6 Å². The van der Waals surface area contributed by atoms with Gasteiger partial charge in [-0.15, -0.1) is 0 Å². The molecule has 2 aliphatic rings. The van der Waals surface area contributed by atoms with E-state index in [0.29, 0.717) is 34.8 Å². The Morgan fingerprint density at radius 1 is 1.26 bits per heavy atom. The minimum atomic E-state index is -0.490. The second-order valence-corrected chi connectivity index (χ2v) is 7.09. The molecular weight excluding hydrogens is 371 g/mol. The fourth-order valence-electron chi connectivity index (χ4n) is 3.53. The molecule has 4 rings (SSSR count). The van der Waals surface area contributed by atoms with Gasteiger partial charge in [0.15, 0.2) is 0 Å². The summed E-state index contributed by atoms with van der Waals surface area (Å²) in [5, 5.41) is 10.0. The summed E-state index contributed by atoms with van der Waals surface area (Å²) in [5.41, 5.74) is 1.52. The molecule has 0 bridgehead atoms. The SMILES string of the molecule is C=CC(=O)N1CC(N2Cc3c(F)cc(-c4cc(O)ccc4Cl)cc3C2=O)C1. The monoisotopic (exact) mass is 386 g/mol. The third kappa shape index (κ3) is 2.86. The molecule has 0 radical (unpaired) electrons. The standard InChI is InChI=1S/C20H16ClFN2O3/c1-2-19(26)23-8-12(9-23)24-10-16-15(20(24)27)5-11(6-18(16)22)14-7-13(25)3-4-17(14)21/h2-7,12,25H,1,8-10H2. The van der Waals surface area contributed by atoms with E-state index in [4.69, 9.17) is 11.6 Å². The largest absolute Gasteiger partial charge is 0.508 e. The highest BCUT2D eigenvalue weighted by Crippen LogP contribution is 2.36. The quantitative estimate of drug-likeness (QED) is 0.824.